The number of halogens is 1. The molecule has 2 N–H and O–H groups in total. The molecule has 5 nitrogen and oxygen atoms in total. The number of hydrogen-bond donors (Lipinski definition) is 1. The van der Waals surface area contributed by atoms with E-state index in [9.17, 15) is 4.79 Å². The van der Waals surface area contributed by atoms with Gasteiger partial charge in [-0.1, -0.05) is 0 Å². The van der Waals surface area contributed by atoms with Gasteiger partial charge >= 0.3 is 0 Å². The molecule has 0 radical (unpaired) electrons. The third kappa shape index (κ3) is 3.68. The van der Waals surface area contributed by atoms with Gasteiger partial charge in [0.1, 0.15) is 0 Å². The Bertz CT molecular complexity index is 522. The quantitative estimate of drug-likeness (QED) is 0.845. The van der Waals surface area contributed by atoms with Crippen LogP contribution in [0, 0.1) is 0 Å². The van der Waals surface area contributed by atoms with Crippen LogP contribution < -0.4 is 15.2 Å². The molecule has 1 aromatic rings. The number of benzene rings is 1. The van der Waals surface area contributed by atoms with Gasteiger partial charge in [0.2, 0.25) is 0 Å². The Labute approximate surface area is 133 Å². The number of rotatable bonds is 6. The van der Waals surface area contributed by atoms with Crippen LogP contribution in [0.4, 0.5) is 0 Å². The van der Waals surface area contributed by atoms with Gasteiger partial charge in [0.05, 0.1) is 11.1 Å². The highest BCUT2D eigenvalue weighted by molar-refractivity contribution is 9.10. The molecule has 1 aliphatic rings. The summed E-state index contributed by atoms with van der Waals surface area (Å²) in [5.74, 6) is 1.25. The maximum Gasteiger partial charge on any atom is 0.263 e. The summed E-state index contributed by atoms with van der Waals surface area (Å²) in [6.07, 6.45) is 1.02. The molecule has 21 heavy (non-hydrogen) atoms. The molecular weight excluding hydrogens is 336 g/mol. The predicted molar refractivity (Wildman–Crippen MR) is 84.7 cm³/mol. The van der Waals surface area contributed by atoms with Crippen molar-refractivity contribution in [2.24, 2.45) is 5.73 Å². The Balaban J connectivity index is 2.26. The molecule has 116 valence electrons. The molecule has 0 aromatic heterocycles. The van der Waals surface area contributed by atoms with Crippen molar-refractivity contribution in [1.29, 1.82) is 0 Å². The number of nitrogens with zero attached hydrogens (tertiary/aromatic N) is 1. The summed E-state index contributed by atoms with van der Waals surface area (Å²) in [5, 5.41) is 0. The number of likely N-dealkylation sites (N-methyl/N-ethyl adjacent to an activating group) is 1. The number of hydrogen-bond acceptors (Lipinski definition) is 4. The van der Waals surface area contributed by atoms with Gasteiger partial charge < -0.3 is 20.1 Å². The van der Waals surface area contributed by atoms with Gasteiger partial charge in [-0.05, 0) is 53.5 Å². The van der Waals surface area contributed by atoms with Gasteiger partial charge in [-0.15, -0.1) is 0 Å². The minimum absolute atomic E-state index is 0.00961. The predicted octanol–water partition coefficient (Wildman–Crippen LogP) is 1.96. The second kappa shape index (κ2) is 7.13. The van der Waals surface area contributed by atoms with Gasteiger partial charge in [0, 0.05) is 20.0 Å². The fourth-order valence-electron chi connectivity index (χ4n) is 2.35. The van der Waals surface area contributed by atoms with E-state index in [1.807, 2.05) is 19.1 Å². The summed E-state index contributed by atoms with van der Waals surface area (Å²) in [5.41, 5.74) is 6.68. The lowest BCUT2D eigenvalue weighted by Crippen LogP contribution is -2.29. The minimum atomic E-state index is -0.439. The summed E-state index contributed by atoms with van der Waals surface area (Å²) in [4.78, 5) is 13.7. The third-order valence-corrected chi connectivity index (χ3v) is 4.03. The first-order chi connectivity index (χ1) is 10.1. The fourth-order valence-corrected chi connectivity index (χ4v) is 2.93. The average Bonchev–Trinajstić information content (AvgIpc) is 2.75. The number of nitrogens with two attached hydrogens (primary N) is 1. The zero-order valence-electron chi connectivity index (χ0n) is 12.4. The maximum atomic E-state index is 12.0. The van der Waals surface area contributed by atoms with Crippen molar-refractivity contribution in [2.45, 2.75) is 25.9 Å². The van der Waals surface area contributed by atoms with E-state index >= 15 is 0 Å². The van der Waals surface area contributed by atoms with Crippen molar-refractivity contribution in [2.75, 3.05) is 26.7 Å². The topological polar surface area (TPSA) is 64.8 Å². The molecule has 1 saturated heterocycles. The van der Waals surface area contributed by atoms with Gasteiger partial charge in [0.25, 0.3) is 5.91 Å². The van der Waals surface area contributed by atoms with Crippen molar-refractivity contribution >= 4 is 21.8 Å². The van der Waals surface area contributed by atoms with Crippen LogP contribution in [0.1, 0.15) is 18.9 Å². The van der Waals surface area contributed by atoms with Crippen LogP contribution in [-0.2, 0) is 11.2 Å². The molecular formula is C15H21BrN2O3. The second-order valence-corrected chi connectivity index (χ2v) is 5.89. The maximum absolute atomic E-state index is 12.0. The molecule has 1 amide bonds. The Kier molecular flexibility index (Phi) is 5.47. The largest absolute Gasteiger partial charge is 0.490 e. The number of amides is 1. The highest BCUT2D eigenvalue weighted by Gasteiger charge is 2.32. The van der Waals surface area contributed by atoms with E-state index in [0.717, 1.165) is 23.0 Å². The standard InChI is InChI=1S/C15H21BrN2O3/c1-3-20-13-9-10(4-6-17)8-11(16)14(13)21-12-5-7-18(2)15(12)19/h8-9,12H,3-7,17H2,1-2H3. The monoisotopic (exact) mass is 356 g/mol. The molecule has 1 heterocycles. The van der Waals surface area contributed by atoms with Crippen LogP contribution >= 0.6 is 15.9 Å². The van der Waals surface area contributed by atoms with Crippen LogP contribution in [0.5, 0.6) is 11.5 Å². The number of likely N-dealkylation sites (tertiary alicyclic amines) is 1. The third-order valence-electron chi connectivity index (χ3n) is 3.44. The molecule has 1 unspecified atom stereocenters. The molecule has 0 spiro atoms. The first-order valence-corrected chi connectivity index (χ1v) is 7.93. The van der Waals surface area contributed by atoms with Crippen LogP contribution in [-0.4, -0.2) is 43.7 Å². The van der Waals surface area contributed by atoms with E-state index in [0.29, 0.717) is 31.1 Å². The highest BCUT2D eigenvalue weighted by Crippen LogP contribution is 2.38. The lowest BCUT2D eigenvalue weighted by atomic mass is 10.1. The molecule has 0 aliphatic carbocycles. The smallest absolute Gasteiger partial charge is 0.263 e. The molecule has 1 aromatic carbocycles. The Hall–Kier alpha value is -1.27. The van der Waals surface area contributed by atoms with Crippen LogP contribution in [0.2, 0.25) is 0 Å². The summed E-state index contributed by atoms with van der Waals surface area (Å²) >= 11 is 3.51. The van der Waals surface area contributed by atoms with Gasteiger partial charge in [-0.2, -0.15) is 0 Å². The molecule has 0 bridgehead atoms. The van der Waals surface area contributed by atoms with E-state index in [4.69, 9.17) is 15.2 Å². The van der Waals surface area contributed by atoms with E-state index in [2.05, 4.69) is 15.9 Å². The minimum Gasteiger partial charge on any atom is -0.490 e. The average molecular weight is 357 g/mol. The number of ether oxygens (including phenoxy) is 2. The van der Waals surface area contributed by atoms with E-state index in [1.54, 1.807) is 11.9 Å². The van der Waals surface area contributed by atoms with Crippen molar-refractivity contribution in [3.05, 3.63) is 22.2 Å². The summed E-state index contributed by atoms with van der Waals surface area (Å²) in [6, 6.07) is 3.90. The SMILES string of the molecule is CCOc1cc(CCN)cc(Br)c1OC1CCN(C)C1=O. The molecule has 1 aliphatic heterocycles. The van der Waals surface area contributed by atoms with E-state index in [1.165, 1.54) is 0 Å². The number of carbonyl (C=O) groups excluding carboxylic acids is 1. The Morgan fingerprint density at radius 1 is 1.48 bits per heavy atom. The highest BCUT2D eigenvalue weighted by atomic mass is 79.9. The van der Waals surface area contributed by atoms with E-state index < -0.39 is 6.10 Å². The summed E-state index contributed by atoms with van der Waals surface area (Å²) in [6.45, 7) is 3.75. The Morgan fingerprint density at radius 2 is 2.24 bits per heavy atom. The van der Waals surface area contributed by atoms with E-state index in [-0.39, 0.29) is 5.91 Å². The van der Waals surface area contributed by atoms with Crippen molar-refractivity contribution in [3.8, 4) is 11.5 Å². The second-order valence-electron chi connectivity index (χ2n) is 5.03. The van der Waals surface area contributed by atoms with Gasteiger partial charge in [-0.3, -0.25) is 4.79 Å². The summed E-state index contributed by atoms with van der Waals surface area (Å²) in [7, 11) is 1.79. The van der Waals surface area contributed by atoms with Crippen LogP contribution in [0.15, 0.2) is 16.6 Å². The first kappa shape index (κ1) is 16.1. The van der Waals surface area contributed by atoms with Gasteiger partial charge in [-0.25, -0.2) is 0 Å². The molecule has 2 rings (SSSR count). The zero-order valence-corrected chi connectivity index (χ0v) is 14.0. The molecule has 0 saturated carbocycles. The van der Waals surface area contributed by atoms with Crippen molar-refractivity contribution in [1.82, 2.24) is 4.90 Å². The van der Waals surface area contributed by atoms with Crippen molar-refractivity contribution in [3.63, 3.8) is 0 Å². The fraction of sp³-hybridized carbons (Fsp3) is 0.533. The van der Waals surface area contributed by atoms with Crippen LogP contribution in [0.25, 0.3) is 0 Å². The van der Waals surface area contributed by atoms with Crippen LogP contribution in [0.3, 0.4) is 0 Å². The lowest BCUT2D eigenvalue weighted by molar-refractivity contribution is -0.132. The van der Waals surface area contributed by atoms with Crippen molar-refractivity contribution < 1.29 is 14.3 Å². The molecule has 1 atom stereocenters. The lowest BCUT2D eigenvalue weighted by Gasteiger charge is -2.18. The number of carbonyl (C=O) groups is 1. The zero-order chi connectivity index (χ0) is 15.4. The summed E-state index contributed by atoms with van der Waals surface area (Å²) < 4.78 is 12.4. The first-order valence-electron chi connectivity index (χ1n) is 7.13. The molecule has 1 fully saturated rings. The normalized spacial score (nSPS) is 18.2. The van der Waals surface area contributed by atoms with Gasteiger partial charge in [0.15, 0.2) is 17.6 Å². The molecule has 6 heteroatoms. The Morgan fingerprint density at radius 3 is 2.81 bits per heavy atom.